The summed E-state index contributed by atoms with van der Waals surface area (Å²) in [5, 5.41) is 13.6. The highest BCUT2D eigenvalue weighted by Gasteiger charge is 2.13. The third-order valence-electron chi connectivity index (χ3n) is 4.23. The predicted octanol–water partition coefficient (Wildman–Crippen LogP) is 3.40. The van der Waals surface area contributed by atoms with Crippen LogP contribution in [0.3, 0.4) is 0 Å². The Morgan fingerprint density at radius 2 is 1.85 bits per heavy atom. The lowest BCUT2D eigenvalue weighted by atomic mass is 10.0. The highest BCUT2D eigenvalue weighted by molar-refractivity contribution is 5.78. The Morgan fingerprint density at radius 1 is 1.11 bits per heavy atom. The van der Waals surface area contributed by atoms with E-state index in [9.17, 15) is 5.11 Å². The van der Waals surface area contributed by atoms with Gasteiger partial charge in [0.1, 0.15) is 11.5 Å². The molecular formula is C21H24N3O3+. The number of methoxy groups -OCH3 is 1. The fourth-order valence-corrected chi connectivity index (χ4v) is 2.72. The summed E-state index contributed by atoms with van der Waals surface area (Å²) in [5.74, 6) is 2.08. The number of aromatic hydroxyl groups is 1. The number of phenolic OH excluding ortho intramolecular Hbond substituents is 1. The molecule has 6 nitrogen and oxygen atoms in total. The third-order valence-corrected chi connectivity index (χ3v) is 4.23. The summed E-state index contributed by atoms with van der Waals surface area (Å²) in [6.45, 7) is 0.896. The number of nitrogens with zero attached hydrogens (tertiary/aromatic N) is 2. The molecule has 0 unspecified atom stereocenters. The number of benzene rings is 2. The van der Waals surface area contributed by atoms with Crippen LogP contribution in [0.5, 0.6) is 11.5 Å². The zero-order chi connectivity index (χ0) is 19.1. The van der Waals surface area contributed by atoms with E-state index in [1.807, 2.05) is 42.5 Å². The maximum Gasteiger partial charge on any atom is 0.254 e. The Kier molecular flexibility index (Phi) is 6.22. The van der Waals surface area contributed by atoms with E-state index in [1.165, 1.54) is 0 Å². The van der Waals surface area contributed by atoms with Crippen molar-refractivity contribution in [3.8, 4) is 22.9 Å². The topological polar surface area (TPSA) is 96.0 Å². The Morgan fingerprint density at radius 3 is 2.52 bits per heavy atom. The van der Waals surface area contributed by atoms with E-state index in [4.69, 9.17) is 9.26 Å². The summed E-state index contributed by atoms with van der Waals surface area (Å²) in [5.41, 5.74) is 6.71. The molecule has 0 saturated carbocycles. The Bertz CT molecular complexity index is 884. The minimum atomic E-state index is 0.241. The second-order valence-electron chi connectivity index (χ2n) is 6.22. The first-order valence-electron chi connectivity index (χ1n) is 8.97. The molecule has 0 spiro atoms. The maximum absolute atomic E-state index is 9.47. The number of unbranched alkanes of at least 4 members (excludes halogenated alkanes) is 1. The van der Waals surface area contributed by atoms with Gasteiger partial charge in [0.15, 0.2) is 0 Å². The van der Waals surface area contributed by atoms with E-state index in [2.05, 4.69) is 15.9 Å². The zero-order valence-electron chi connectivity index (χ0n) is 15.4. The first-order valence-corrected chi connectivity index (χ1v) is 8.97. The average Bonchev–Trinajstić information content (AvgIpc) is 3.19. The number of hydrogen-bond acceptors (Lipinski definition) is 5. The summed E-state index contributed by atoms with van der Waals surface area (Å²) in [6.07, 6.45) is 4.87. The van der Waals surface area contributed by atoms with Gasteiger partial charge in [0, 0.05) is 11.1 Å². The van der Waals surface area contributed by atoms with E-state index in [0.717, 1.165) is 48.3 Å². The van der Waals surface area contributed by atoms with Gasteiger partial charge >= 0.3 is 0 Å². The smallest absolute Gasteiger partial charge is 0.254 e. The van der Waals surface area contributed by atoms with Gasteiger partial charge in [0.05, 0.1) is 13.7 Å². The van der Waals surface area contributed by atoms with Crippen molar-refractivity contribution in [1.82, 2.24) is 10.1 Å². The van der Waals surface area contributed by atoms with Gasteiger partial charge in [-0.2, -0.15) is 4.98 Å². The molecule has 0 aliphatic rings. The van der Waals surface area contributed by atoms with Crippen molar-refractivity contribution in [3.05, 3.63) is 60.0 Å². The number of quaternary nitrogens is 1. The van der Waals surface area contributed by atoms with Crippen molar-refractivity contribution in [2.75, 3.05) is 13.7 Å². The molecule has 140 valence electrons. The van der Waals surface area contributed by atoms with E-state index < -0.39 is 0 Å². The molecular weight excluding hydrogens is 342 g/mol. The Hall–Kier alpha value is -3.12. The monoisotopic (exact) mass is 366 g/mol. The molecule has 6 heteroatoms. The van der Waals surface area contributed by atoms with Crippen molar-refractivity contribution >= 4 is 11.6 Å². The number of hydrogen-bond donors (Lipinski definition) is 2. The summed E-state index contributed by atoms with van der Waals surface area (Å²) < 4.78 is 10.7. The SMILES string of the molecule is COc1ccc(-c2noc(/C(=C/c3ccc(O)cc3)CCCC[NH3+])n2)cc1. The van der Waals surface area contributed by atoms with E-state index in [-0.39, 0.29) is 5.75 Å². The lowest BCUT2D eigenvalue weighted by Gasteiger charge is -2.03. The molecule has 2 aromatic carbocycles. The number of rotatable bonds is 8. The molecule has 0 saturated heterocycles. The second-order valence-corrected chi connectivity index (χ2v) is 6.22. The van der Waals surface area contributed by atoms with Gasteiger partial charge < -0.3 is 20.1 Å². The average molecular weight is 366 g/mol. The summed E-state index contributed by atoms with van der Waals surface area (Å²) in [4.78, 5) is 4.58. The molecule has 0 atom stereocenters. The lowest BCUT2D eigenvalue weighted by Crippen LogP contribution is -2.50. The number of ether oxygens (including phenoxy) is 1. The fraction of sp³-hybridized carbons (Fsp3) is 0.238. The molecule has 0 aliphatic carbocycles. The zero-order valence-corrected chi connectivity index (χ0v) is 15.4. The number of allylic oxidation sites excluding steroid dienone is 1. The van der Waals surface area contributed by atoms with Crippen LogP contribution in [0.25, 0.3) is 23.0 Å². The van der Waals surface area contributed by atoms with Crippen molar-refractivity contribution in [2.45, 2.75) is 19.3 Å². The molecule has 0 fully saturated rings. The van der Waals surface area contributed by atoms with Crippen LogP contribution in [0, 0.1) is 0 Å². The third kappa shape index (κ3) is 4.95. The molecule has 0 amide bonds. The number of aromatic nitrogens is 2. The second kappa shape index (κ2) is 9.00. The summed E-state index contributed by atoms with van der Waals surface area (Å²) in [7, 11) is 1.63. The molecule has 1 aromatic heterocycles. The van der Waals surface area contributed by atoms with E-state index >= 15 is 0 Å². The van der Waals surface area contributed by atoms with Crippen molar-refractivity contribution in [1.29, 1.82) is 0 Å². The first-order chi connectivity index (χ1) is 13.2. The Labute approximate surface area is 158 Å². The van der Waals surface area contributed by atoms with Crippen LogP contribution in [0.1, 0.15) is 30.7 Å². The fourth-order valence-electron chi connectivity index (χ4n) is 2.72. The van der Waals surface area contributed by atoms with Gasteiger partial charge in [-0.1, -0.05) is 17.3 Å². The number of phenols is 1. The van der Waals surface area contributed by atoms with Gasteiger partial charge in [-0.3, -0.25) is 0 Å². The van der Waals surface area contributed by atoms with Gasteiger partial charge in [0.2, 0.25) is 5.82 Å². The quantitative estimate of drug-likeness (QED) is 0.596. The molecule has 1 heterocycles. The van der Waals surface area contributed by atoms with Crippen LogP contribution in [0.2, 0.25) is 0 Å². The van der Waals surface area contributed by atoms with E-state index in [1.54, 1.807) is 19.2 Å². The van der Waals surface area contributed by atoms with Crippen molar-refractivity contribution < 1.29 is 20.1 Å². The molecule has 3 aromatic rings. The van der Waals surface area contributed by atoms with Crippen molar-refractivity contribution in [3.63, 3.8) is 0 Å². The molecule has 3 rings (SSSR count). The van der Waals surface area contributed by atoms with Crippen LogP contribution in [-0.2, 0) is 0 Å². The van der Waals surface area contributed by atoms with Gasteiger partial charge in [0.25, 0.3) is 5.89 Å². The summed E-state index contributed by atoms with van der Waals surface area (Å²) in [6, 6.07) is 14.6. The minimum Gasteiger partial charge on any atom is -0.508 e. The van der Waals surface area contributed by atoms with Crippen LogP contribution >= 0.6 is 0 Å². The van der Waals surface area contributed by atoms with Crippen LogP contribution < -0.4 is 10.5 Å². The predicted molar refractivity (Wildman–Crippen MR) is 104 cm³/mol. The molecule has 27 heavy (non-hydrogen) atoms. The highest BCUT2D eigenvalue weighted by atomic mass is 16.5. The van der Waals surface area contributed by atoms with Gasteiger partial charge in [-0.15, -0.1) is 0 Å². The lowest BCUT2D eigenvalue weighted by molar-refractivity contribution is -0.368. The normalized spacial score (nSPS) is 11.6. The largest absolute Gasteiger partial charge is 0.508 e. The minimum absolute atomic E-state index is 0.241. The summed E-state index contributed by atoms with van der Waals surface area (Å²) >= 11 is 0. The highest BCUT2D eigenvalue weighted by Crippen LogP contribution is 2.26. The first kappa shape index (κ1) is 18.7. The standard InChI is InChI=1S/C21H23N3O3/c1-26-19-11-7-16(8-12-19)20-23-21(27-24-20)17(4-2-3-13-22)14-15-5-9-18(25)10-6-15/h5-12,14,25H,2-4,13,22H2,1H3/p+1/b17-14+. The van der Waals surface area contributed by atoms with Gasteiger partial charge in [-0.25, -0.2) is 0 Å². The van der Waals surface area contributed by atoms with Crippen LogP contribution in [-0.4, -0.2) is 28.9 Å². The van der Waals surface area contributed by atoms with E-state index in [0.29, 0.717) is 11.7 Å². The van der Waals surface area contributed by atoms with Crippen LogP contribution in [0.15, 0.2) is 53.1 Å². The Balaban J connectivity index is 1.87. The van der Waals surface area contributed by atoms with Crippen molar-refractivity contribution in [2.24, 2.45) is 0 Å². The van der Waals surface area contributed by atoms with Gasteiger partial charge in [-0.05, 0) is 67.3 Å². The molecule has 4 N–H and O–H groups in total. The molecule has 0 bridgehead atoms. The maximum atomic E-state index is 9.47. The van der Waals surface area contributed by atoms with Crippen LogP contribution in [0.4, 0.5) is 0 Å². The molecule has 0 radical (unpaired) electrons. The molecule has 0 aliphatic heterocycles.